The average Bonchev–Trinajstić information content (AvgIpc) is 2.56. The van der Waals surface area contributed by atoms with Crippen LogP contribution in [0.4, 0.5) is 10.5 Å². The zero-order valence-electron chi connectivity index (χ0n) is 12.7. The summed E-state index contributed by atoms with van der Waals surface area (Å²) in [6.07, 6.45) is 10.3. The van der Waals surface area contributed by atoms with Gasteiger partial charge in [0.05, 0.1) is 0 Å². The first-order chi connectivity index (χ1) is 10.8. The topological polar surface area (TPSA) is 41.1 Å². The molecule has 3 rings (SSSR count). The van der Waals surface area contributed by atoms with E-state index in [4.69, 9.17) is 0 Å². The second-order valence-corrected chi connectivity index (χ2v) is 5.92. The Labute approximate surface area is 131 Å². The molecule has 2 aromatic rings. The summed E-state index contributed by atoms with van der Waals surface area (Å²) >= 11 is 0. The number of amides is 2. The number of rotatable bonds is 3. The van der Waals surface area contributed by atoms with Crippen LogP contribution in [0.25, 0.3) is 10.8 Å². The molecule has 114 valence electrons. The molecule has 3 nitrogen and oxygen atoms in total. The number of fused-ring (bicyclic) bond motifs is 1. The first-order valence-electron chi connectivity index (χ1n) is 8.04. The molecular weight excluding hydrogens is 272 g/mol. The van der Waals surface area contributed by atoms with E-state index in [0.29, 0.717) is 5.92 Å². The molecule has 0 saturated heterocycles. The van der Waals surface area contributed by atoms with E-state index >= 15 is 0 Å². The second-order valence-electron chi connectivity index (χ2n) is 5.92. The van der Waals surface area contributed by atoms with Crippen LogP contribution in [0.5, 0.6) is 0 Å². The van der Waals surface area contributed by atoms with Crippen LogP contribution in [-0.4, -0.2) is 6.03 Å². The van der Waals surface area contributed by atoms with Crippen molar-refractivity contribution in [2.24, 2.45) is 5.92 Å². The maximum Gasteiger partial charge on any atom is 0.323 e. The number of nitrogens with one attached hydrogen (secondary N) is 2. The van der Waals surface area contributed by atoms with Crippen LogP contribution < -0.4 is 10.6 Å². The highest BCUT2D eigenvalue weighted by molar-refractivity contribution is 5.93. The third kappa shape index (κ3) is 3.88. The van der Waals surface area contributed by atoms with Crippen molar-refractivity contribution in [3.8, 4) is 0 Å². The highest BCUT2D eigenvalue weighted by atomic mass is 16.2. The van der Waals surface area contributed by atoms with E-state index in [1.54, 1.807) is 6.20 Å². The number of hydrogen-bond acceptors (Lipinski definition) is 1. The normalized spacial score (nSPS) is 16.0. The Bertz CT molecular complexity index is 672. The van der Waals surface area contributed by atoms with Crippen LogP contribution in [0, 0.1) is 5.92 Å². The molecule has 0 aromatic heterocycles. The molecule has 1 saturated carbocycles. The van der Waals surface area contributed by atoms with Crippen LogP contribution in [0.1, 0.15) is 32.1 Å². The highest BCUT2D eigenvalue weighted by Crippen LogP contribution is 2.24. The van der Waals surface area contributed by atoms with Crippen molar-refractivity contribution in [1.29, 1.82) is 0 Å². The molecule has 0 aliphatic heterocycles. The smallest absolute Gasteiger partial charge is 0.315 e. The monoisotopic (exact) mass is 294 g/mol. The van der Waals surface area contributed by atoms with Crippen LogP contribution in [0.2, 0.25) is 0 Å². The van der Waals surface area contributed by atoms with Crippen molar-refractivity contribution in [2.45, 2.75) is 32.1 Å². The molecule has 22 heavy (non-hydrogen) atoms. The molecule has 0 atom stereocenters. The molecule has 0 unspecified atom stereocenters. The Morgan fingerprint density at radius 1 is 1.00 bits per heavy atom. The Balaban J connectivity index is 1.55. The molecule has 2 aromatic carbocycles. The molecule has 0 bridgehead atoms. The summed E-state index contributed by atoms with van der Waals surface area (Å²) in [7, 11) is 0. The van der Waals surface area contributed by atoms with Gasteiger partial charge in [0.15, 0.2) is 0 Å². The van der Waals surface area contributed by atoms with Crippen LogP contribution >= 0.6 is 0 Å². The molecule has 1 fully saturated rings. The van der Waals surface area contributed by atoms with Gasteiger partial charge in [0.25, 0.3) is 0 Å². The summed E-state index contributed by atoms with van der Waals surface area (Å²) in [5.41, 5.74) is 0.808. The minimum atomic E-state index is -0.192. The number of allylic oxidation sites excluding steroid dienone is 1. The maximum absolute atomic E-state index is 11.9. The molecule has 1 aliphatic rings. The maximum atomic E-state index is 11.9. The van der Waals surface area contributed by atoms with Crippen molar-refractivity contribution >= 4 is 22.5 Å². The Hall–Kier alpha value is -2.29. The number of anilines is 1. The summed E-state index contributed by atoms with van der Waals surface area (Å²) in [6, 6.07) is 13.8. The van der Waals surface area contributed by atoms with Gasteiger partial charge in [0, 0.05) is 11.9 Å². The van der Waals surface area contributed by atoms with Crippen LogP contribution in [0.3, 0.4) is 0 Å². The minimum absolute atomic E-state index is 0.192. The summed E-state index contributed by atoms with van der Waals surface area (Å²) < 4.78 is 0. The lowest BCUT2D eigenvalue weighted by Crippen LogP contribution is -2.24. The van der Waals surface area contributed by atoms with E-state index in [9.17, 15) is 4.79 Å². The minimum Gasteiger partial charge on any atom is -0.315 e. The van der Waals surface area contributed by atoms with Gasteiger partial charge in [-0.15, -0.1) is 0 Å². The quantitative estimate of drug-likeness (QED) is 0.816. The largest absolute Gasteiger partial charge is 0.323 e. The molecular formula is C19H22N2O. The van der Waals surface area contributed by atoms with E-state index < -0.39 is 0 Å². The van der Waals surface area contributed by atoms with Gasteiger partial charge in [0.2, 0.25) is 0 Å². The van der Waals surface area contributed by atoms with E-state index in [1.807, 2.05) is 36.4 Å². The van der Waals surface area contributed by atoms with Gasteiger partial charge in [-0.05, 0) is 41.7 Å². The van der Waals surface area contributed by atoms with Gasteiger partial charge in [0.1, 0.15) is 0 Å². The molecule has 2 N–H and O–H groups in total. The summed E-state index contributed by atoms with van der Waals surface area (Å²) in [6.45, 7) is 0. The Morgan fingerprint density at radius 3 is 2.59 bits per heavy atom. The van der Waals surface area contributed by atoms with Crippen molar-refractivity contribution in [1.82, 2.24) is 5.32 Å². The van der Waals surface area contributed by atoms with E-state index in [-0.39, 0.29) is 6.03 Å². The Morgan fingerprint density at radius 2 is 1.77 bits per heavy atom. The number of carbonyl (C=O) groups excluding carboxylic acids is 1. The van der Waals surface area contributed by atoms with Crippen LogP contribution in [0.15, 0.2) is 54.7 Å². The predicted molar refractivity (Wildman–Crippen MR) is 91.8 cm³/mol. The van der Waals surface area contributed by atoms with Crippen molar-refractivity contribution < 1.29 is 4.79 Å². The fraction of sp³-hybridized carbons (Fsp3) is 0.316. The number of urea groups is 1. The van der Waals surface area contributed by atoms with Gasteiger partial charge in [-0.2, -0.15) is 0 Å². The summed E-state index contributed by atoms with van der Waals surface area (Å²) in [4.78, 5) is 11.9. The van der Waals surface area contributed by atoms with Crippen molar-refractivity contribution in [2.75, 3.05) is 5.32 Å². The first kappa shape index (κ1) is 14.6. The van der Waals surface area contributed by atoms with Gasteiger partial charge in [-0.1, -0.05) is 55.7 Å². The first-order valence-corrected chi connectivity index (χ1v) is 8.04. The summed E-state index contributed by atoms with van der Waals surface area (Å²) in [5, 5.41) is 7.96. The third-order valence-corrected chi connectivity index (χ3v) is 4.24. The van der Waals surface area contributed by atoms with Gasteiger partial charge in [-0.3, -0.25) is 0 Å². The standard InChI is InChI=1S/C19H22N2O/c22-19(20-13-12-15-6-2-1-3-7-15)21-18-11-10-16-8-4-5-9-17(16)14-18/h4-5,8-15H,1-3,6-7H2,(H2,20,21,22)/b13-12+. The summed E-state index contributed by atoms with van der Waals surface area (Å²) in [5.74, 6) is 0.620. The fourth-order valence-corrected chi connectivity index (χ4v) is 3.02. The van der Waals surface area contributed by atoms with Gasteiger partial charge < -0.3 is 10.6 Å². The van der Waals surface area contributed by atoms with Gasteiger partial charge >= 0.3 is 6.03 Å². The SMILES string of the molecule is O=C(N/C=C/C1CCCCC1)Nc1ccc2ccccc2c1. The second kappa shape index (κ2) is 7.12. The Kier molecular flexibility index (Phi) is 4.74. The zero-order valence-corrected chi connectivity index (χ0v) is 12.7. The fourth-order valence-electron chi connectivity index (χ4n) is 3.02. The molecule has 0 heterocycles. The average molecular weight is 294 g/mol. The molecule has 2 amide bonds. The van der Waals surface area contributed by atoms with Crippen molar-refractivity contribution in [3.05, 3.63) is 54.7 Å². The van der Waals surface area contributed by atoms with E-state index in [1.165, 1.54) is 37.5 Å². The van der Waals surface area contributed by atoms with E-state index in [0.717, 1.165) is 11.1 Å². The van der Waals surface area contributed by atoms with Crippen LogP contribution in [-0.2, 0) is 0 Å². The number of hydrogen-bond donors (Lipinski definition) is 2. The lowest BCUT2D eigenvalue weighted by molar-refractivity contribution is 0.255. The highest BCUT2D eigenvalue weighted by Gasteiger charge is 2.09. The van der Waals surface area contributed by atoms with E-state index in [2.05, 4.69) is 22.8 Å². The molecule has 0 radical (unpaired) electrons. The number of carbonyl (C=O) groups is 1. The lowest BCUT2D eigenvalue weighted by Gasteiger charge is -2.17. The lowest BCUT2D eigenvalue weighted by atomic mass is 9.89. The number of benzene rings is 2. The third-order valence-electron chi connectivity index (χ3n) is 4.24. The molecule has 3 heteroatoms. The zero-order chi connectivity index (χ0) is 15.2. The molecule has 1 aliphatic carbocycles. The van der Waals surface area contributed by atoms with Crippen molar-refractivity contribution in [3.63, 3.8) is 0 Å². The molecule has 0 spiro atoms. The van der Waals surface area contributed by atoms with Gasteiger partial charge in [-0.25, -0.2) is 4.79 Å². The predicted octanol–water partition coefficient (Wildman–Crippen LogP) is 5.06.